The van der Waals surface area contributed by atoms with E-state index in [1.165, 1.54) is 0 Å². The molecule has 18 heavy (non-hydrogen) atoms. The molecular weight excluding hydrogens is 230 g/mol. The maximum absolute atomic E-state index is 12.1. The van der Waals surface area contributed by atoms with Gasteiger partial charge in [0.05, 0.1) is 12.3 Å². The first-order valence-electron chi connectivity index (χ1n) is 6.16. The fraction of sp³-hybridized carbons (Fsp3) is 0.429. The first-order valence-corrected chi connectivity index (χ1v) is 6.16. The number of amides is 1. The van der Waals surface area contributed by atoms with Crippen LogP contribution in [-0.2, 0) is 16.0 Å². The molecule has 1 aliphatic rings. The fourth-order valence-corrected chi connectivity index (χ4v) is 2.49. The molecule has 4 nitrogen and oxygen atoms in total. The third-order valence-corrected chi connectivity index (χ3v) is 3.59. The number of aliphatic carboxylic acids is 1. The number of benzene rings is 1. The predicted molar refractivity (Wildman–Crippen MR) is 67.1 cm³/mol. The zero-order chi connectivity index (χ0) is 13.1. The Hall–Kier alpha value is -1.84. The third kappa shape index (κ3) is 2.53. The Morgan fingerprint density at radius 2 is 2.00 bits per heavy atom. The van der Waals surface area contributed by atoms with Crippen LogP contribution in [-0.4, -0.2) is 34.5 Å². The van der Waals surface area contributed by atoms with Gasteiger partial charge in [-0.3, -0.25) is 9.59 Å². The lowest BCUT2D eigenvalue weighted by Crippen LogP contribution is -2.38. The Bertz CT molecular complexity index is 444. The Morgan fingerprint density at radius 1 is 1.33 bits per heavy atom. The number of hydrogen-bond acceptors (Lipinski definition) is 2. The highest BCUT2D eigenvalue weighted by atomic mass is 16.4. The van der Waals surface area contributed by atoms with E-state index in [4.69, 9.17) is 5.11 Å². The molecule has 0 aromatic heterocycles. The number of carboxylic acid groups (broad SMARTS) is 1. The molecule has 1 aromatic carbocycles. The quantitative estimate of drug-likeness (QED) is 0.881. The molecule has 0 radical (unpaired) electrons. The molecule has 2 unspecified atom stereocenters. The summed E-state index contributed by atoms with van der Waals surface area (Å²) in [6.07, 6.45) is 0.897. The topological polar surface area (TPSA) is 57.6 Å². The molecule has 4 heteroatoms. The highest BCUT2D eigenvalue weighted by Gasteiger charge is 2.37. The molecular formula is C14H17NO3. The monoisotopic (exact) mass is 247 g/mol. The highest BCUT2D eigenvalue weighted by molar-refractivity contribution is 5.81. The van der Waals surface area contributed by atoms with E-state index in [-0.39, 0.29) is 11.9 Å². The number of carbonyl (C=O) groups is 2. The van der Waals surface area contributed by atoms with Crippen molar-refractivity contribution in [3.05, 3.63) is 35.9 Å². The fourth-order valence-electron chi connectivity index (χ4n) is 2.49. The molecule has 1 heterocycles. The predicted octanol–water partition coefficient (Wildman–Crippen LogP) is 1.55. The SMILES string of the molecule is CC1C(C(=O)O)CCN1C(=O)Cc1ccccc1. The number of carboxylic acids is 1. The van der Waals surface area contributed by atoms with E-state index in [1.807, 2.05) is 37.3 Å². The zero-order valence-corrected chi connectivity index (χ0v) is 10.4. The van der Waals surface area contributed by atoms with Crippen molar-refractivity contribution in [1.29, 1.82) is 0 Å². The van der Waals surface area contributed by atoms with E-state index in [2.05, 4.69) is 0 Å². The molecule has 1 amide bonds. The van der Waals surface area contributed by atoms with Gasteiger partial charge in [0.25, 0.3) is 0 Å². The molecule has 0 spiro atoms. The summed E-state index contributed by atoms with van der Waals surface area (Å²) in [7, 11) is 0. The van der Waals surface area contributed by atoms with Crippen LogP contribution in [0.2, 0.25) is 0 Å². The summed E-state index contributed by atoms with van der Waals surface area (Å²) in [4.78, 5) is 24.8. The van der Waals surface area contributed by atoms with Crippen molar-refractivity contribution in [2.75, 3.05) is 6.54 Å². The average Bonchev–Trinajstić information content (AvgIpc) is 2.72. The normalized spacial score (nSPS) is 23.1. The van der Waals surface area contributed by atoms with Crippen LogP contribution in [0.4, 0.5) is 0 Å². The van der Waals surface area contributed by atoms with Crippen LogP contribution in [0.1, 0.15) is 18.9 Å². The van der Waals surface area contributed by atoms with Crippen molar-refractivity contribution in [2.45, 2.75) is 25.8 Å². The van der Waals surface area contributed by atoms with Crippen LogP contribution in [0.5, 0.6) is 0 Å². The van der Waals surface area contributed by atoms with Crippen molar-refractivity contribution in [2.24, 2.45) is 5.92 Å². The summed E-state index contributed by atoms with van der Waals surface area (Å²) in [5, 5.41) is 9.03. The number of rotatable bonds is 3. The number of nitrogens with zero attached hydrogens (tertiary/aromatic N) is 1. The largest absolute Gasteiger partial charge is 0.481 e. The van der Waals surface area contributed by atoms with Crippen molar-refractivity contribution in [3.8, 4) is 0 Å². The second kappa shape index (κ2) is 5.21. The highest BCUT2D eigenvalue weighted by Crippen LogP contribution is 2.25. The summed E-state index contributed by atoms with van der Waals surface area (Å²) < 4.78 is 0. The summed E-state index contributed by atoms with van der Waals surface area (Å²) in [5.74, 6) is -1.22. The minimum atomic E-state index is -0.808. The summed E-state index contributed by atoms with van der Waals surface area (Å²) >= 11 is 0. The Morgan fingerprint density at radius 3 is 2.56 bits per heavy atom. The summed E-state index contributed by atoms with van der Waals surface area (Å²) in [6.45, 7) is 2.36. The minimum Gasteiger partial charge on any atom is -0.481 e. The first-order chi connectivity index (χ1) is 8.59. The van der Waals surface area contributed by atoms with Crippen LogP contribution in [0.25, 0.3) is 0 Å². The van der Waals surface area contributed by atoms with Gasteiger partial charge in [0.2, 0.25) is 5.91 Å². The summed E-state index contributed by atoms with van der Waals surface area (Å²) in [6, 6.07) is 9.32. The molecule has 0 bridgehead atoms. The van der Waals surface area contributed by atoms with E-state index in [0.29, 0.717) is 19.4 Å². The van der Waals surface area contributed by atoms with Gasteiger partial charge in [0.1, 0.15) is 0 Å². The van der Waals surface area contributed by atoms with Gasteiger partial charge in [-0.2, -0.15) is 0 Å². The van der Waals surface area contributed by atoms with Gasteiger partial charge in [0, 0.05) is 12.6 Å². The first kappa shape index (κ1) is 12.6. The lowest BCUT2D eigenvalue weighted by Gasteiger charge is -2.23. The van der Waals surface area contributed by atoms with Crippen molar-refractivity contribution < 1.29 is 14.7 Å². The standard InChI is InChI=1S/C14H17NO3/c1-10-12(14(17)18)7-8-15(10)13(16)9-11-5-3-2-4-6-11/h2-6,10,12H,7-9H2,1H3,(H,17,18). The smallest absolute Gasteiger partial charge is 0.308 e. The zero-order valence-electron chi connectivity index (χ0n) is 10.4. The lowest BCUT2D eigenvalue weighted by molar-refractivity contribution is -0.143. The maximum atomic E-state index is 12.1. The molecule has 0 aliphatic carbocycles. The molecule has 96 valence electrons. The van der Waals surface area contributed by atoms with Crippen molar-refractivity contribution in [3.63, 3.8) is 0 Å². The Balaban J connectivity index is 2.01. The van der Waals surface area contributed by atoms with E-state index >= 15 is 0 Å². The van der Waals surface area contributed by atoms with E-state index in [9.17, 15) is 9.59 Å². The van der Waals surface area contributed by atoms with Crippen LogP contribution in [0, 0.1) is 5.92 Å². The third-order valence-electron chi connectivity index (χ3n) is 3.59. The maximum Gasteiger partial charge on any atom is 0.308 e. The molecule has 0 saturated carbocycles. The van der Waals surface area contributed by atoms with E-state index in [1.54, 1.807) is 4.90 Å². The van der Waals surface area contributed by atoms with Crippen molar-refractivity contribution in [1.82, 2.24) is 4.90 Å². The number of hydrogen-bond donors (Lipinski definition) is 1. The molecule has 1 aliphatic heterocycles. The van der Waals surface area contributed by atoms with Crippen LogP contribution < -0.4 is 0 Å². The summed E-state index contributed by atoms with van der Waals surface area (Å²) in [5.41, 5.74) is 0.966. The van der Waals surface area contributed by atoms with Gasteiger partial charge < -0.3 is 10.0 Å². The lowest BCUT2D eigenvalue weighted by atomic mass is 10.0. The second-order valence-electron chi connectivity index (χ2n) is 4.72. The van der Waals surface area contributed by atoms with E-state index in [0.717, 1.165) is 5.56 Å². The molecule has 1 N–H and O–H groups in total. The van der Waals surface area contributed by atoms with Gasteiger partial charge in [-0.05, 0) is 18.9 Å². The van der Waals surface area contributed by atoms with E-state index < -0.39 is 11.9 Å². The van der Waals surface area contributed by atoms with Crippen molar-refractivity contribution >= 4 is 11.9 Å². The number of likely N-dealkylation sites (tertiary alicyclic amines) is 1. The second-order valence-corrected chi connectivity index (χ2v) is 4.72. The average molecular weight is 247 g/mol. The molecule has 1 aromatic rings. The molecule has 1 fully saturated rings. The van der Waals surface area contributed by atoms with Crippen LogP contribution in [0.15, 0.2) is 30.3 Å². The molecule has 1 saturated heterocycles. The van der Waals surface area contributed by atoms with Gasteiger partial charge in [-0.1, -0.05) is 30.3 Å². The van der Waals surface area contributed by atoms with Gasteiger partial charge >= 0.3 is 5.97 Å². The van der Waals surface area contributed by atoms with Gasteiger partial charge in [-0.15, -0.1) is 0 Å². The Labute approximate surface area is 106 Å². The van der Waals surface area contributed by atoms with Crippen LogP contribution in [0.3, 0.4) is 0 Å². The van der Waals surface area contributed by atoms with Gasteiger partial charge in [-0.25, -0.2) is 0 Å². The molecule has 2 rings (SSSR count). The van der Waals surface area contributed by atoms with Crippen LogP contribution >= 0.6 is 0 Å². The molecule has 2 atom stereocenters. The minimum absolute atomic E-state index is 0.0115. The Kier molecular flexibility index (Phi) is 3.65. The number of carbonyl (C=O) groups excluding carboxylic acids is 1. The van der Waals surface area contributed by atoms with Gasteiger partial charge in [0.15, 0.2) is 0 Å².